The first-order valence-electron chi connectivity index (χ1n) is 7.75. The molecule has 0 saturated heterocycles. The Bertz CT molecular complexity index is 801. The van der Waals surface area contributed by atoms with E-state index < -0.39 is 0 Å². The Kier molecular flexibility index (Phi) is 3.35. The van der Waals surface area contributed by atoms with Crippen LogP contribution in [0, 0.1) is 6.92 Å². The molecule has 3 nitrogen and oxygen atoms in total. The highest BCUT2D eigenvalue weighted by Crippen LogP contribution is 2.34. The number of nitrogens with one attached hydrogen (secondary N) is 1. The third-order valence-electron chi connectivity index (χ3n) is 4.20. The van der Waals surface area contributed by atoms with E-state index in [1.807, 2.05) is 19.1 Å². The van der Waals surface area contributed by atoms with E-state index in [2.05, 4.69) is 41.7 Å². The zero-order chi connectivity index (χ0) is 14.9. The highest BCUT2D eigenvalue weighted by atomic mass is 16.5. The van der Waals surface area contributed by atoms with Crippen molar-refractivity contribution in [1.82, 2.24) is 5.32 Å². The van der Waals surface area contributed by atoms with Gasteiger partial charge in [-0.3, -0.25) is 0 Å². The maximum Gasteiger partial charge on any atom is 0.128 e. The Morgan fingerprint density at radius 2 is 2.00 bits per heavy atom. The molecule has 1 aliphatic rings. The topological polar surface area (TPSA) is 34.4 Å². The van der Waals surface area contributed by atoms with E-state index in [4.69, 9.17) is 9.15 Å². The van der Waals surface area contributed by atoms with Gasteiger partial charge < -0.3 is 14.5 Å². The molecule has 0 aliphatic carbocycles. The van der Waals surface area contributed by atoms with Crippen molar-refractivity contribution in [1.29, 1.82) is 0 Å². The summed E-state index contributed by atoms with van der Waals surface area (Å²) in [7, 11) is 0. The van der Waals surface area contributed by atoms with Gasteiger partial charge in [0.15, 0.2) is 0 Å². The van der Waals surface area contributed by atoms with Gasteiger partial charge in [-0.05, 0) is 31.0 Å². The summed E-state index contributed by atoms with van der Waals surface area (Å²) in [6.07, 6.45) is 0.975. The van der Waals surface area contributed by atoms with E-state index in [9.17, 15) is 0 Å². The minimum absolute atomic E-state index is 0.0354. The quantitative estimate of drug-likeness (QED) is 0.762. The monoisotopic (exact) mass is 293 g/mol. The number of hydrogen-bond donors (Lipinski definition) is 1. The molecule has 0 bridgehead atoms. The largest absolute Gasteiger partial charge is 0.485 e. The normalized spacial score (nSPS) is 18.0. The smallest absolute Gasteiger partial charge is 0.128 e. The average Bonchev–Trinajstić information content (AvgIpc) is 2.82. The zero-order valence-electron chi connectivity index (χ0n) is 12.6. The van der Waals surface area contributed by atoms with Gasteiger partial charge in [-0.1, -0.05) is 36.4 Å². The molecule has 4 rings (SSSR count). The highest BCUT2D eigenvalue weighted by molar-refractivity contribution is 5.88. The molecule has 1 aromatic heterocycles. The summed E-state index contributed by atoms with van der Waals surface area (Å²) >= 11 is 0. The van der Waals surface area contributed by atoms with Gasteiger partial charge in [0.25, 0.3) is 0 Å². The van der Waals surface area contributed by atoms with Crippen LogP contribution >= 0.6 is 0 Å². The van der Waals surface area contributed by atoms with Crippen molar-refractivity contribution in [2.45, 2.75) is 26.0 Å². The second-order valence-corrected chi connectivity index (χ2v) is 5.78. The van der Waals surface area contributed by atoms with Crippen molar-refractivity contribution in [3.63, 3.8) is 0 Å². The Labute approximate surface area is 129 Å². The van der Waals surface area contributed by atoms with Crippen LogP contribution in [0.5, 0.6) is 5.75 Å². The highest BCUT2D eigenvalue weighted by Gasteiger charge is 2.24. The Morgan fingerprint density at radius 1 is 1.14 bits per heavy atom. The second kappa shape index (κ2) is 5.50. The molecule has 2 aromatic carbocycles. The van der Waals surface area contributed by atoms with E-state index in [-0.39, 0.29) is 6.10 Å². The van der Waals surface area contributed by atoms with Crippen LogP contribution in [0.15, 0.2) is 52.9 Å². The molecule has 2 heterocycles. The Morgan fingerprint density at radius 3 is 2.95 bits per heavy atom. The fourth-order valence-corrected chi connectivity index (χ4v) is 3.16. The van der Waals surface area contributed by atoms with E-state index >= 15 is 0 Å². The maximum absolute atomic E-state index is 6.39. The molecule has 0 saturated carbocycles. The molecule has 0 amide bonds. The molecule has 1 N–H and O–H groups in total. The summed E-state index contributed by atoms with van der Waals surface area (Å²) in [6, 6.07) is 16.7. The number of benzene rings is 2. The molecule has 0 fully saturated rings. The third kappa shape index (κ3) is 2.38. The van der Waals surface area contributed by atoms with Crippen LogP contribution in [0.1, 0.15) is 29.6 Å². The van der Waals surface area contributed by atoms with Crippen molar-refractivity contribution in [2.24, 2.45) is 0 Å². The first-order chi connectivity index (χ1) is 10.8. The summed E-state index contributed by atoms with van der Waals surface area (Å²) in [5, 5.41) is 5.76. The van der Waals surface area contributed by atoms with E-state index in [0.717, 1.165) is 42.2 Å². The lowest BCUT2D eigenvalue weighted by atomic mass is 10.1. The molecule has 22 heavy (non-hydrogen) atoms. The number of aryl methyl sites for hydroxylation is 1. The summed E-state index contributed by atoms with van der Waals surface area (Å²) in [5.41, 5.74) is 1.18. The lowest BCUT2D eigenvalue weighted by molar-refractivity contribution is 0.199. The van der Waals surface area contributed by atoms with Gasteiger partial charge in [0, 0.05) is 17.4 Å². The first kappa shape index (κ1) is 13.4. The molecule has 1 atom stereocenters. The van der Waals surface area contributed by atoms with E-state index in [1.165, 1.54) is 10.9 Å². The minimum Gasteiger partial charge on any atom is -0.485 e. The summed E-state index contributed by atoms with van der Waals surface area (Å²) < 4.78 is 12.2. The maximum atomic E-state index is 6.39. The molecule has 1 unspecified atom stereocenters. The van der Waals surface area contributed by atoms with Crippen LogP contribution in [-0.4, -0.2) is 6.54 Å². The first-order valence-corrected chi connectivity index (χ1v) is 7.75. The van der Waals surface area contributed by atoms with Crippen LogP contribution in [0.4, 0.5) is 0 Å². The number of rotatable bonds is 2. The molecule has 3 heteroatoms. The number of fused-ring (bicyclic) bond motifs is 2. The fourth-order valence-electron chi connectivity index (χ4n) is 3.16. The number of hydrogen-bond acceptors (Lipinski definition) is 3. The lowest BCUT2D eigenvalue weighted by Crippen LogP contribution is -2.14. The Balaban J connectivity index is 1.73. The van der Waals surface area contributed by atoms with E-state index in [0.29, 0.717) is 0 Å². The van der Waals surface area contributed by atoms with Crippen molar-refractivity contribution in [2.75, 3.05) is 6.54 Å². The molecule has 3 aromatic rings. The van der Waals surface area contributed by atoms with Gasteiger partial charge >= 0.3 is 0 Å². The summed E-state index contributed by atoms with van der Waals surface area (Å²) in [6.45, 7) is 3.70. The van der Waals surface area contributed by atoms with E-state index in [1.54, 1.807) is 0 Å². The van der Waals surface area contributed by atoms with Crippen molar-refractivity contribution >= 4 is 10.8 Å². The lowest BCUT2D eigenvalue weighted by Gasteiger charge is -2.18. The molecular formula is C19H19NO2. The van der Waals surface area contributed by atoms with Crippen LogP contribution < -0.4 is 10.1 Å². The molecule has 112 valence electrons. The molecule has 1 aliphatic heterocycles. The minimum atomic E-state index is 0.0354. The van der Waals surface area contributed by atoms with Gasteiger partial charge in [0.05, 0.1) is 6.54 Å². The van der Waals surface area contributed by atoms with Crippen LogP contribution in [0.3, 0.4) is 0 Å². The van der Waals surface area contributed by atoms with Crippen LogP contribution in [0.2, 0.25) is 0 Å². The van der Waals surface area contributed by atoms with Crippen molar-refractivity contribution in [3.05, 3.63) is 65.6 Å². The van der Waals surface area contributed by atoms with Gasteiger partial charge in [0.2, 0.25) is 0 Å². The van der Waals surface area contributed by atoms with Gasteiger partial charge in [-0.15, -0.1) is 0 Å². The molecule has 0 spiro atoms. The standard InChI is InChI=1S/C19H19NO2/c1-13-11-16-18(9-10-20-12-19(16)21-13)22-17-8-4-6-14-5-2-3-7-15(14)17/h2-8,11,18,20H,9-10,12H2,1H3. The van der Waals surface area contributed by atoms with Crippen LogP contribution in [0.25, 0.3) is 10.8 Å². The predicted octanol–water partition coefficient (Wildman–Crippen LogP) is 4.35. The third-order valence-corrected chi connectivity index (χ3v) is 4.20. The SMILES string of the molecule is Cc1cc2c(o1)CNCCC2Oc1cccc2ccccc12. The zero-order valence-corrected chi connectivity index (χ0v) is 12.6. The Hall–Kier alpha value is -2.26. The summed E-state index contributed by atoms with van der Waals surface area (Å²) in [5.74, 6) is 2.88. The average molecular weight is 293 g/mol. The fraction of sp³-hybridized carbons (Fsp3) is 0.263. The number of ether oxygens (including phenoxy) is 1. The van der Waals surface area contributed by atoms with Gasteiger partial charge in [-0.25, -0.2) is 0 Å². The molecular weight excluding hydrogens is 274 g/mol. The second-order valence-electron chi connectivity index (χ2n) is 5.78. The predicted molar refractivity (Wildman–Crippen MR) is 87.1 cm³/mol. The van der Waals surface area contributed by atoms with Crippen molar-refractivity contribution in [3.8, 4) is 5.75 Å². The van der Waals surface area contributed by atoms with Crippen LogP contribution in [-0.2, 0) is 6.54 Å². The van der Waals surface area contributed by atoms with Crippen molar-refractivity contribution < 1.29 is 9.15 Å². The molecule has 0 radical (unpaired) electrons. The number of furan rings is 1. The van der Waals surface area contributed by atoms with Gasteiger partial charge in [0.1, 0.15) is 23.4 Å². The summed E-state index contributed by atoms with van der Waals surface area (Å²) in [4.78, 5) is 0. The van der Waals surface area contributed by atoms with Gasteiger partial charge in [-0.2, -0.15) is 0 Å².